The molecule has 168 valence electrons. The van der Waals surface area contributed by atoms with Crippen LogP contribution in [0.25, 0.3) is 17.0 Å². The predicted molar refractivity (Wildman–Crippen MR) is 123 cm³/mol. The van der Waals surface area contributed by atoms with E-state index in [-0.39, 0.29) is 5.97 Å². The zero-order valence-corrected chi connectivity index (χ0v) is 19.4. The average molecular weight is 454 g/mol. The van der Waals surface area contributed by atoms with Crippen molar-refractivity contribution in [1.29, 1.82) is 0 Å². The van der Waals surface area contributed by atoms with Crippen molar-refractivity contribution in [2.24, 2.45) is 0 Å². The first-order valence-corrected chi connectivity index (χ1v) is 11.4. The number of hydrogen-bond donors (Lipinski definition) is 1. The summed E-state index contributed by atoms with van der Waals surface area (Å²) in [6.07, 6.45) is 5.50. The van der Waals surface area contributed by atoms with E-state index in [2.05, 4.69) is 15.2 Å². The molecular formula is C24H28ClN5O2. The molecule has 1 aromatic carbocycles. The fourth-order valence-electron chi connectivity index (χ4n) is 4.76. The fraction of sp³-hybridized carbons (Fsp3) is 0.458. The summed E-state index contributed by atoms with van der Waals surface area (Å²) in [6, 6.07) is 10.00. The molecule has 0 amide bonds. The Morgan fingerprint density at radius 3 is 2.78 bits per heavy atom. The number of carbonyl (C=O) groups is 1. The van der Waals surface area contributed by atoms with Crippen molar-refractivity contribution in [1.82, 2.24) is 24.6 Å². The average Bonchev–Trinajstić information content (AvgIpc) is 3.12. The lowest BCUT2D eigenvalue weighted by atomic mass is 9.80. The van der Waals surface area contributed by atoms with Crippen molar-refractivity contribution in [3.8, 4) is 11.3 Å². The minimum absolute atomic E-state index is 0.161. The maximum absolute atomic E-state index is 13.1. The number of imidazole rings is 1. The summed E-state index contributed by atoms with van der Waals surface area (Å²) in [7, 11) is 0. The van der Waals surface area contributed by atoms with Crippen LogP contribution in [0, 0.1) is 0 Å². The zero-order chi connectivity index (χ0) is 22.5. The lowest BCUT2D eigenvalue weighted by Gasteiger charge is -2.52. The van der Waals surface area contributed by atoms with Gasteiger partial charge in [-0.15, -0.1) is 0 Å². The number of ether oxygens (including phenoxy) is 1. The molecule has 1 N–H and O–H groups in total. The molecule has 2 unspecified atom stereocenters. The number of halogens is 1. The summed E-state index contributed by atoms with van der Waals surface area (Å²) in [5, 5.41) is 4.18. The van der Waals surface area contributed by atoms with Gasteiger partial charge in [-0.05, 0) is 51.8 Å². The molecule has 2 atom stereocenters. The van der Waals surface area contributed by atoms with E-state index < -0.39 is 11.1 Å². The van der Waals surface area contributed by atoms with Gasteiger partial charge in [0.1, 0.15) is 11.1 Å². The zero-order valence-electron chi connectivity index (χ0n) is 18.6. The molecule has 5 heterocycles. The SMILES string of the molecule is CC(C)(C)OC(=O)C12CCC(CN1)N(Cc1c(-c3ccc(Cl)cc3)nc3ncccn13)C2. The van der Waals surface area contributed by atoms with Gasteiger partial charge in [0.05, 0.1) is 11.4 Å². The molecule has 0 saturated carbocycles. The van der Waals surface area contributed by atoms with Crippen LogP contribution in [0.15, 0.2) is 42.7 Å². The van der Waals surface area contributed by atoms with E-state index in [4.69, 9.17) is 21.3 Å². The Morgan fingerprint density at radius 2 is 2.09 bits per heavy atom. The van der Waals surface area contributed by atoms with Crippen molar-refractivity contribution in [3.63, 3.8) is 0 Å². The van der Waals surface area contributed by atoms with Gasteiger partial charge in [0.25, 0.3) is 0 Å². The summed E-state index contributed by atoms with van der Waals surface area (Å²) >= 11 is 6.11. The molecule has 0 aliphatic carbocycles. The first-order valence-electron chi connectivity index (χ1n) is 11.0. The summed E-state index contributed by atoms with van der Waals surface area (Å²) in [4.78, 5) is 24.8. The molecule has 8 heteroatoms. The normalized spacial score (nSPS) is 23.6. The molecule has 32 heavy (non-hydrogen) atoms. The third-order valence-corrected chi connectivity index (χ3v) is 6.58. The van der Waals surface area contributed by atoms with E-state index in [0.29, 0.717) is 29.9 Å². The smallest absolute Gasteiger partial charge is 0.328 e. The Kier molecular flexibility index (Phi) is 5.23. The van der Waals surface area contributed by atoms with E-state index in [0.717, 1.165) is 36.3 Å². The number of piperazine rings is 1. The standard InChI is InChI=1S/C24H28ClN5O2/c1-23(2,3)32-21(31)24-10-9-18(13-27-24)29(15-24)14-19-20(16-5-7-17(25)8-6-16)28-22-26-11-4-12-30(19)22/h4-8,11-12,18,27H,9-10,13-15H2,1-3H3. The molecule has 3 fully saturated rings. The number of fused-ring (bicyclic) bond motifs is 4. The maximum Gasteiger partial charge on any atom is 0.328 e. The second kappa shape index (κ2) is 7.83. The minimum Gasteiger partial charge on any atom is -0.459 e. The van der Waals surface area contributed by atoms with E-state index in [9.17, 15) is 4.79 Å². The molecule has 3 aliphatic heterocycles. The van der Waals surface area contributed by atoms with Crippen molar-refractivity contribution in [2.45, 2.75) is 57.3 Å². The van der Waals surface area contributed by atoms with Crippen molar-refractivity contribution < 1.29 is 9.53 Å². The first kappa shape index (κ1) is 21.4. The van der Waals surface area contributed by atoms with Crippen LogP contribution in [0.2, 0.25) is 5.02 Å². The molecule has 0 spiro atoms. The lowest BCUT2D eigenvalue weighted by Crippen LogP contribution is -2.72. The van der Waals surface area contributed by atoms with Crippen LogP contribution >= 0.6 is 11.6 Å². The Hall–Kier alpha value is -2.48. The number of carbonyl (C=O) groups excluding carboxylic acids is 1. The Bertz CT molecular complexity index is 1140. The first-order chi connectivity index (χ1) is 15.2. The molecule has 3 aliphatic rings. The van der Waals surface area contributed by atoms with Gasteiger partial charge in [-0.1, -0.05) is 23.7 Å². The van der Waals surface area contributed by atoms with Crippen molar-refractivity contribution in [2.75, 3.05) is 13.1 Å². The number of hydrogen-bond acceptors (Lipinski definition) is 6. The van der Waals surface area contributed by atoms with E-state index in [1.54, 1.807) is 6.20 Å². The predicted octanol–water partition coefficient (Wildman–Crippen LogP) is 3.70. The number of aromatic nitrogens is 3. The summed E-state index contributed by atoms with van der Waals surface area (Å²) < 4.78 is 7.83. The van der Waals surface area contributed by atoms with Crippen LogP contribution in [0.5, 0.6) is 0 Å². The summed E-state index contributed by atoms with van der Waals surface area (Å²) in [5.74, 6) is 0.500. The van der Waals surface area contributed by atoms with Gasteiger partial charge in [0.2, 0.25) is 5.78 Å². The number of esters is 1. The summed E-state index contributed by atoms with van der Waals surface area (Å²) in [5.41, 5.74) is 1.77. The fourth-order valence-corrected chi connectivity index (χ4v) is 4.88. The van der Waals surface area contributed by atoms with Gasteiger partial charge in [0.15, 0.2) is 0 Å². The minimum atomic E-state index is -0.665. The van der Waals surface area contributed by atoms with Gasteiger partial charge in [-0.3, -0.25) is 14.6 Å². The van der Waals surface area contributed by atoms with Gasteiger partial charge >= 0.3 is 5.97 Å². The van der Waals surface area contributed by atoms with Crippen LogP contribution < -0.4 is 5.32 Å². The van der Waals surface area contributed by atoms with Gasteiger partial charge in [-0.2, -0.15) is 0 Å². The molecule has 6 rings (SSSR count). The second-order valence-corrected chi connectivity index (χ2v) is 10.2. The Labute approximate surface area is 192 Å². The second-order valence-electron chi connectivity index (χ2n) is 9.77. The van der Waals surface area contributed by atoms with Gasteiger partial charge < -0.3 is 4.74 Å². The van der Waals surface area contributed by atoms with Gasteiger partial charge in [0, 0.05) is 48.7 Å². The third-order valence-electron chi connectivity index (χ3n) is 6.33. The van der Waals surface area contributed by atoms with E-state index >= 15 is 0 Å². The quantitative estimate of drug-likeness (QED) is 0.607. The third kappa shape index (κ3) is 3.89. The van der Waals surface area contributed by atoms with Crippen LogP contribution in [0.3, 0.4) is 0 Å². The van der Waals surface area contributed by atoms with Crippen molar-refractivity contribution in [3.05, 3.63) is 53.4 Å². The summed E-state index contributed by atoms with van der Waals surface area (Å²) in [6.45, 7) is 7.79. The van der Waals surface area contributed by atoms with E-state index in [1.165, 1.54) is 0 Å². The van der Waals surface area contributed by atoms with Crippen LogP contribution in [0.4, 0.5) is 0 Å². The van der Waals surface area contributed by atoms with Gasteiger partial charge in [-0.25, -0.2) is 14.8 Å². The Morgan fingerprint density at radius 1 is 1.31 bits per heavy atom. The number of benzene rings is 1. The highest BCUT2D eigenvalue weighted by atomic mass is 35.5. The van der Waals surface area contributed by atoms with E-state index in [1.807, 2.05) is 61.7 Å². The molecule has 3 saturated heterocycles. The molecule has 2 aromatic heterocycles. The molecule has 7 nitrogen and oxygen atoms in total. The number of rotatable bonds is 4. The number of piperidine rings is 2. The Balaban J connectivity index is 1.49. The number of nitrogens with zero attached hydrogens (tertiary/aromatic N) is 4. The topological polar surface area (TPSA) is 71.8 Å². The van der Waals surface area contributed by atoms with Crippen LogP contribution in [-0.4, -0.2) is 55.5 Å². The molecule has 3 aromatic rings. The van der Waals surface area contributed by atoms with Crippen LogP contribution in [0.1, 0.15) is 39.3 Å². The largest absolute Gasteiger partial charge is 0.459 e. The monoisotopic (exact) mass is 453 g/mol. The van der Waals surface area contributed by atoms with Crippen LogP contribution in [-0.2, 0) is 16.1 Å². The maximum atomic E-state index is 13.1. The molecule has 2 bridgehead atoms. The lowest BCUT2D eigenvalue weighted by molar-refractivity contribution is -0.170. The highest BCUT2D eigenvalue weighted by Crippen LogP contribution is 2.35. The molecule has 0 radical (unpaired) electrons. The van der Waals surface area contributed by atoms with Crippen molar-refractivity contribution >= 4 is 23.3 Å². The highest BCUT2D eigenvalue weighted by Gasteiger charge is 2.51. The molecular weight excluding hydrogens is 426 g/mol. The number of nitrogens with one attached hydrogen (secondary N) is 1. The highest BCUT2D eigenvalue weighted by molar-refractivity contribution is 6.30.